The first-order chi connectivity index (χ1) is 12.7. The van der Waals surface area contributed by atoms with Gasteiger partial charge in [-0.2, -0.15) is 0 Å². The van der Waals surface area contributed by atoms with Gasteiger partial charge in [-0.15, -0.1) is 0 Å². The first-order valence-electron chi connectivity index (χ1n) is 8.71. The van der Waals surface area contributed by atoms with Crippen LogP contribution in [0.2, 0.25) is 0 Å². The van der Waals surface area contributed by atoms with Crippen LogP contribution in [0, 0.1) is 0 Å². The maximum atomic E-state index is 12.7. The van der Waals surface area contributed by atoms with E-state index in [4.69, 9.17) is 10.5 Å². The molecular weight excluding hydrogens is 350 g/mol. The zero-order valence-electron chi connectivity index (χ0n) is 15.6. The number of hydrogen-bond donors (Lipinski definition) is 2. The normalized spacial score (nSPS) is 15.1. The SMILES string of the molecule is CC(C)(C)OC(=O)N1CCN(C(=O)c2nc3c(C(N)=O)cccc3[nH]2)CC1. The molecule has 9 heteroatoms. The number of carbonyl (C=O) groups excluding carboxylic acids is 3. The Balaban J connectivity index is 1.69. The second-order valence-corrected chi connectivity index (χ2v) is 7.41. The molecule has 0 saturated carbocycles. The van der Waals surface area contributed by atoms with Gasteiger partial charge in [-0.1, -0.05) is 6.07 Å². The first-order valence-corrected chi connectivity index (χ1v) is 8.71. The number of aromatic nitrogens is 2. The van der Waals surface area contributed by atoms with Crippen molar-refractivity contribution < 1.29 is 19.1 Å². The van der Waals surface area contributed by atoms with Crippen molar-refractivity contribution in [1.82, 2.24) is 19.8 Å². The summed E-state index contributed by atoms with van der Waals surface area (Å²) in [6, 6.07) is 4.97. The molecule has 0 atom stereocenters. The number of hydrogen-bond acceptors (Lipinski definition) is 5. The van der Waals surface area contributed by atoms with Gasteiger partial charge in [-0.3, -0.25) is 9.59 Å². The molecule has 1 aromatic carbocycles. The van der Waals surface area contributed by atoms with Crippen LogP contribution < -0.4 is 5.73 Å². The maximum Gasteiger partial charge on any atom is 0.410 e. The number of benzene rings is 1. The zero-order valence-corrected chi connectivity index (χ0v) is 15.6. The van der Waals surface area contributed by atoms with Gasteiger partial charge in [0.25, 0.3) is 11.8 Å². The van der Waals surface area contributed by atoms with Gasteiger partial charge in [-0.25, -0.2) is 9.78 Å². The summed E-state index contributed by atoms with van der Waals surface area (Å²) in [5.74, 6) is -0.744. The number of carbonyl (C=O) groups is 3. The van der Waals surface area contributed by atoms with Crippen LogP contribution in [0.3, 0.4) is 0 Å². The number of nitrogens with zero attached hydrogens (tertiary/aromatic N) is 3. The second kappa shape index (κ2) is 6.90. The summed E-state index contributed by atoms with van der Waals surface area (Å²) in [6.45, 7) is 6.95. The van der Waals surface area contributed by atoms with Crippen molar-refractivity contribution in [3.8, 4) is 0 Å². The Morgan fingerprint density at radius 2 is 1.74 bits per heavy atom. The number of H-pyrrole nitrogens is 1. The van der Waals surface area contributed by atoms with Crippen molar-refractivity contribution in [2.45, 2.75) is 26.4 Å². The number of primary amides is 1. The van der Waals surface area contributed by atoms with Crippen LogP contribution in [0.4, 0.5) is 4.79 Å². The molecule has 27 heavy (non-hydrogen) atoms. The fourth-order valence-electron chi connectivity index (χ4n) is 2.90. The van der Waals surface area contributed by atoms with Crippen LogP contribution in [0.15, 0.2) is 18.2 Å². The van der Waals surface area contributed by atoms with Crippen LogP contribution in [0.1, 0.15) is 41.7 Å². The van der Waals surface area contributed by atoms with E-state index in [0.717, 1.165) is 0 Å². The lowest BCUT2D eigenvalue weighted by molar-refractivity contribution is 0.0139. The number of nitrogens with one attached hydrogen (secondary N) is 1. The second-order valence-electron chi connectivity index (χ2n) is 7.41. The topological polar surface area (TPSA) is 122 Å². The highest BCUT2D eigenvalue weighted by Crippen LogP contribution is 2.18. The molecule has 3 rings (SSSR count). The summed E-state index contributed by atoms with van der Waals surface area (Å²) in [7, 11) is 0. The van der Waals surface area contributed by atoms with Crippen molar-refractivity contribution in [1.29, 1.82) is 0 Å². The lowest BCUT2D eigenvalue weighted by Crippen LogP contribution is -2.51. The standard InChI is InChI=1S/C18H23N5O4/c1-18(2,3)27-17(26)23-9-7-22(8-10-23)16(25)15-20-12-6-4-5-11(14(19)24)13(12)21-15/h4-6H,7-10H2,1-3H3,(H2,19,24)(H,20,21). The molecule has 2 heterocycles. The van der Waals surface area contributed by atoms with E-state index in [2.05, 4.69) is 9.97 Å². The summed E-state index contributed by atoms with van der Waals surface area (Å²) in [5, 5.41) is 0. The predicted octanol–water partition coefficient (Wildman–Crippen LogP) is 1.35. The van der Waals surface area contributed by atoms with Crippen LogP contribution in [-0.4, -0.2) is 69.5 Å². The van der Waals surface area contributed by atoms with Gasteiger partial charge in [0, 0.05) is 26.2 Å². The molecule has 0 spiro atoms. The van der Waals surface area contributed by atoms with Gasteiger partial charge in [0.1, 0.15) is 11.1 Å². The summed E-state index contributed by atoms with van der Waals surface area (Å²) in [4.78, 5) is 46.8. The quantitative estimate of drug-likeness (QED) is 0.823. The molecule has 3 amide bonds. The lowest BCUT2D eigenvalue weighted by atomic mass is 10.2. The van der Waals surface area contributed by atoms with E-state index in [0.29, 0.717) is 37.2 Å². The summed E-state index contributed by atoms with van der Waals surface area (Å²) in [6.07, 6.45) is -0.385. The van der Waals surface area contributed by atoms with Crippen LogP contribution in [0.25, 0.3) is 11.0 Å². The Bertz CT molecular complexity index is 891. The van der Waals surface area contributed by atoms with Gasteiger partial charge in [0.05, 0.1) is 11.1 Å². The number of piperazine rings is 1. The highest BCUT2D eigenvalue weighted by molar-refractivity contribution is 6.05. The summed E-state index contributed by atoms with van der Waals surface area (Å²) < 4.78 is 5.35. The minimum atomic E-state index is -0.600. The number of fused-ring (bicyclic) bond motifs is 1. The molecule has 1 aromatic heterocycles. The molecule has 1 saturated heterocycles. The smallest absolute Gasteiger partial charge is 0.410 e. The molecule has 144 valence electrons. The molecule has 0 aliphatic carbocycles. The average molecular weight is 373 g/mol. The molecular formula is C18H23N5O4. The summed E-state index contributed by atoms with van der Waals surface area (Å²) >= 11 is 0. The van der Waals surface area contributed by atoms with Gasteiger partial charge in [-0.05, 0) is 32.9 Å². The van der Waals surface area contributed by atoms with Gasteiger partial charge in [0.15, 0.2) is 5.82 Å². The molecule has 2 aromatic rings. The number of rotatable bonds is 2. The Hall–Kier alpha value is -3.10. The van der Waals surface area contributed by atoms with Gasteiger partial charge in [0.2, 0.25) is 0 Å². The number of ether oxygens (including phenoxy) is 1. The Morgan fingerprint density at radius 1 is 1.11 bits per heavy atom. The fraction of sp³-hybridized carbons (Fsp3) is 0.444. The average Bonchev–Trinajstić information content (AvgIpc) is 3.03. The van der Waals surface area contributed by atoms with E-state index >= 15 is 0 Å². The summed E-state index contributed by atoms with van der Waals surface area (Å²) in [5.41, 5.74) is 6.01. The molecule has 9 nitrogen and oxygen atoms in total. The van der Waals surface area contributed by atoms with E-state index in [1.165, 1.54) is 0 Å². The Kier molecular flexibility index (Phi) is 4.77. The number of para-hydroxylation sites is 1. The van der Waals surface area contributed by atoms with Gasteiger partial charge < -0.3 is 25.3 Å². The molecule has 1 aliphatic rings. The van der Waals surface area contributed by atoms with E-state index in [9.17, 15) is 14.4 Å². The number of amides is 3. The lowest BCUT2D eigenvalue weighted by Gasteiger charge is -2.35. The third kappa shape index (κ3) is 4.02. The van der Waals surface area contributed by atoms with Crippen molar-refractivity contribution in [3.63, 3.8) is 0 Å². The minimum absolute atomic E-state index is 0.143. The minimum Gasteiger partial charge on any atom is -0.444 e. The molecule has 1 aliphatic heterocycles. The first kappa shape index (κ1) is 18.7. The molecule has 3 N–H and O–H groups in total. The third-order valence-electron chi connectivity index (χ3n) is 4.20. The van der Waals surface area contributed by atoms with Crippen LogP contribution in [0.5, 0.6) is 0 Å². The molecule has 0 radical (unpaired) electrons. The van der Waals surface area contributed by atoms with Crippen molar-refractivity contribution in [2.24, 2.45) is 5.73 Å². The number of imidazole rings is 1. The van der Waals surface area contributed by atoms with E-state index in [1.54, 1.807) is 28.0 Å². The highest BCUT2D eigenvalue weighted by atomic mass is 16.6. The highest BCUT2D eigenvalue weighted by Gasteiger charge is 2.29. The zero-order chi connectivity index (χ0) is 19.8. The van der Waals surface area contributed by atoms with Crippen LogP contribution in [-0.2, 0) is 4.74 Å². The van der Waals surface area contributed by atoms with Crippen molar-refractivity contribution >= 4 is 28.9 Å². The van der Waals surface area contributed by atoms with E-state index < -0.39 is 11.5 Å². The third-order valence-corrected chi connectivity index (χ3v) is 4.20. The van der Waals surface area contributed by atoms with Crippen molar-refractivity contribution in [2.75, 3.05) is 26.2 Å². The molecule has 0 bridgehead atoms. The largest absolute Gasteiger partial charge is 0.444 e. The number of aromatic amines is 1. The van der Waals surface area contributed by atoms with Gasteiger partial charge >= 0.3 is 6.09 Å². The van der Waals surface area contributed by atoms with Crippen molar-refractivity contribution in [3.05, 3.63) is 29.6 Å². The monoisotopic (exact) mass is 373 g/mol. The van der Waals surface area contributed by atoms with E-state index in [-0.39, 0.29) is 23.4 Å². The maximum absolute atomic E-state index is 12.7. The predicted molar refractivity (Wildman–Crippen MR) is 98.3 cm³/mol. The number of nitrogens with two attached hydrogens (primary N) is 1. The van der Waals surface area contributed by atoms with Crippen LogP contribution >= 0.6 is 0 Å². The fourth-order valence-corrected chi connectivity index (χ4v) is 2.90. The van der Waals surface area contributed by atoms with E-state index in [1.807, 2.05) is 20.8 Å². The molecule has 0 unspecified atom stereocenters. The Morgan fingerprint density at radius 3 is 2.33 bits per heavy atom. The molecule has 1 fully saturated rings. The Labute approximate surface area is 156 Å².